The van der Waals surface area contributed by atoms with Crippen LogP contribution in [-0.2, 0) is 13.1 Å². The van der Waals surface area contributed by atoms with Gasteiger partial charge in [0, 0.05) is 23.9 Å². The van der Waals surface area contributed by atoms with E-state index in [1.807, 2.05) is 21.5 Å². The molecule has 0 fully saturated rings. The van der Waals surface area contributed by atoms with Crippen molar-refractivity contribution in [3.05, 3.63) is 57.9 Å². The van der Waals surface area contributed by atoms with Crippen LogP contribution in [0.2, 0.25) is 0 Å². The fourth-order valence-electron chi connectivity index (χ4n) is 2.86. The van der Waals surface area contributed by atoms with Gasteiger partial charge in [-0.15, -0.1) is 0 Å². The fraction of sp³-hybridized carbons (Fsp3) is 0.263. The first-order chi connectivity index (χ1) is 11.7. The minimum atomic E-state index is 0.934. The monoisotopic (exact) mass is 432 g/mol. The van der Waals surface area contributed by atoms with Crippen LogP contribution in [0.25, 0.3) is 21.8 Å². The number of halogens is 1. The minimum Gasteiger partial charge on any atom is -0.265 e. The van der Waals surface area contributed by atoms with E-state index in [1.54, 1.807) is 0 Å². The Kier molecular flexibility index (Phi) is 5.18. The maximum atomic E-state index is 4.42. The topological polar surface area (TPSA) is 35.6 Å². The van der Waals surface area contributed by atoms with Gasteiger partial charge in [0.1, 0.15) is 3.70 Å². The zero-order chi connectivity index (χ0) is 17.1. The molecule has 24 heavy (non-hydrogen) atoms. The molecule has 4 rings (SSSR count). The van der Waals surface area contributed by atoms with E-state index >= 15 is 0 Å². The van der Waals surface area contributed by atoms with E-state index in [9.17, 15) is 0 Å². The molecule has 0 radical (unpaired) electrons. The largest absolute Gasteiger partial charge is 0.265 e. The SMILES string of the molecule is CCn1nc(C)c2ccccc21.CCn1nc(I)c2ccccc21. The summed E-state index contributed by atoms with van der Waals surface area (Å²) in [5, 5.41) is 11.3. The van der Waals surface area contributed by atoms with Crippen LogP contribution in [0.5, 0.6) is 0 Å². The molecule has 4 nitrogen and oxygen atoms in total. The number of hydrogen-bond donors (Lipinski definition) is 0. The van der Waals surface area contributed by atoms with Gasteiger partial charge in [-0.3, -0.25) is 9.36 Å². The van der Waals surface area contributed by atoms with Crippen LogP contribution in [0.1, 0.15) is 19.5 Å². The van der Waals surface area contributed by atoms with Crippen molar-refractivity contribution < 1.29 is 0 Å². The second-order valence-electron chi connectivity index (χ2n) is 5.54. The first-order valence-electron chi connectivity index (χ1n) is 8.18. The van der Waals surface area contributed by atoms with Crippen LogP contribution < -0.4 is 0 Å². The third-order valence-electron chi connectivity index (χ3n) is 4.05. The average Bonchev–Trinajstić information content (AvgIpc) is 3.13. The Morgan fingerprint density at radius 3 is 1.92 bits per heavy atom. The number of rotatable bonds is 2. The lowest BCUT2D eigenvalue weighted by Crippen LogP contribution is -1.95. The Labute approximate surface area is 155 Å². The van der Waals surface area contributed by atoms with Crippen molar-refractivity contribution in [1.82, 2.24) is 19.6 Å². The van der Waals surface area contributed by atoms with Crippen LogP contribution in [0.4, 0.5) is 0 Å². The lowest BCUT2D eigenvalue weighted by atomic mass is 10.2. The van der Waals surface area contributed by atoms with Crippen molar-refractivity contribution in [2.45, 2.75) is 33.9 Å². The molecule has 0 aliphatic rings. The van der Waals surface area contributed by atoms with Gasteiger partial charge >= 0.3 is 0 Å². The smallest absolute Gasteiger partial charge is 0.131 e. The Morgan fingerprint density at radius 2 is 1.29 bits per heavy atom. The minimum absolute atomic E-state index is 0.934. The van der Waals surface area contributed by atoms with E-state index in [0.717, 1.165) is 22.5 Å². The number of aromatic nitrogens is 4. The molecule has 0 aliphatic carbocycles. The number of hydrogen-bond acceptors (Lipinski definition) is 2. The van der Waals surface area contributed by atoms with E-state index < -0.39 is 0 Å². The van der Waals surface area contributed by atoms with Crippen LogP contribution >= 0.6 is 22.6 Å². The highest BCUT2D eigenvalue weighted by molar-refractivity contribution is 14.1. The number of para-hydroxylation sites is 2. The van der Waals surface area contributed by atoms with Gasteiger partial charge in [0.25, 0.3) is 0 Å². The van der Waals surface area contributed by atoms with Crippen molar-refractivity contribution in [3.63, 3.8) is 0 Å². The molecule has 0 saturated carbocycles. The van der Waals surface area contributed by atoms with E-state index in [-0.39, 0.29) is 0 Å². The molecule has 0 unspecified atom stereocenters. The lowest BCUT2D eigenvalue weighted by Gasteiger charge is -1.95. The molecule has 5 heteroatoms. The Balaban J connectivity index is 0.000000141. The number of aryl methyl sites for hydroxylation is 3. The molecule has 4 aromatic rings. The first kappa shape index (κ1) is 17.0. The molecule has 0 saturated heterocycles. The van der Waals surface area contributed by atoms with Crippen molar-refractivity contribution in [2.75, 3.05) is 0 Å². The van der Waals surface area contributed by atoms with Gasteiger partial charge in [0.05, 0.1) is 16.7 Å². The standard InChI is InChI=1S/C10H12N2.C9H9IN2/c1-3-12-10-7-5-4-6-9(10)8(2)11-12;1-2-12-8-6-4-3-5-7(8)9(10)11-12/h4-7H,3H2,1-2H3;3-6H,2H2,1H3. The maximum absolute atomic E-state index is 4.42. The normalized spacial score (nSPS) is 10.8. The number of nitrogens with zero attached hydrogens (tertiary/aromatic N) is 4. The summed E-state index contributed by atoms with van der Waals surface area (Å²) in [6.07, 6.45) is 0. The third-order valence-corrected chi connectivity index (χ3v) is 4.85. The van der Waals surface area contributed by atoms with Crippen LogP contribution in [0.3, 0.4) is 0 Å². The first-order valence-corrected chi connectivity index (χ1v) is 9.26. The van der Waals surface area contributed by atoms with E-state index in [2.05, 4.69) is 90.0 Å². The number of fused-ring (bicyclic) bond motifs is 2. The average molecular weight is 432 g/mol. The van der Waals surface area contributed by atoms with Gasteiger partial charge in [0.2, 0.25) is 0 Å². The van der Waals surface area contributed by atoms with Crippen molar-refractivity contribution >= 4 is 44.4 Å². The second kappa shape index (κ2) is 7.34. The summed E-state index contributed by atoms with van der Waals surface area (Å²) in [6, 6.07) is 16.6. The van der Waals surface area contributed by atoms with Crippen molar-refractivity contribution in [1.29, 1.82) is 0 Å². The Bertz CT molecular complexity index is 888. The van der Waals surface area contributed by atoms with Gasteiger partial charge in [0.15, 0.2) is 0 Å². The summed E-state index contributed by atoms with van der Waals surface area (Å²) in [7, 11) is 0. The molecule has 0 N–H and O–H groups in total. The molecule has 0 atom stereocenters. The summed E-state index contributed by atoms with van der Waals surface area (Å²) in [4.78, 5) is 0. The van der Waals surface area contributed by atoms with Gasteiger partial charge in [-0.1, -0.05) is 36.4 Å². The maximum Gasteiger partial charge on any atom is 0.131 e. The quantitative estimate of drug-likeness (QED) is 0.417. The summed E-state index contributed by atoms with van der Waals surface area (Å²) in [6.45, 7) is 8.14. The highest BCUT2D eigenvalue weighted by Gasteiger charge is 2.04. The van der Waals surface area contributed by atoms with Crippen LogP contribution in [0, 0.1) is 10.6 Å². The van der Waals surface area contributed by atoms with E-state index in [0.29, 0.717) is 0 Å². The summed E-state index contributed by atoms with van der Waals surface area (Å²) in [5.74, 6) is 0. The van der Waals surface area contributed by atoms with Crippen LogP contribution in [0.15, 0.2) is 48.5 Å². The van der Waals surface area contributed by atoms with E-state index in [1.165, 1.54) is 21.8 Å². The van der Waals surface area contributed by atoms with Crippen LogP contribution in [-0.4, -0.2) is 19.6 Å². The lowest BCUT2D eigenvalue weighted by molar-refractivity contribution is 0.676. The predicted octanol–water partition coefficient (Wildman–Crippen LogP) is 5.03. The van der Waals surface area contributed by atoms with Gasteiger partial charge in [-0.2, -0.15) is 10.2 Å². The molecule has 0 spiro atoms. The molecule has 124 valence electrons. The summed E-state index contributed by atoms with van der Waals surface area (Å²) < 4.78 is 5.15. The molecule has 2 aromatic heterocycles. The molecule has 2 heterocycles. The molecule has 0 amide bonds. The Hall–Kier alpha value is -1.89. The predicted molar refractivity (Wildman–Crippen MR) is 108 cm³/mol. The van der Waals surface area contributed by atoms with Crippen molar-refractivity contribution in [3.8, 4) is 0 Å². The zero-order valence-electron chi connectivity index (χ0n) is 14.2. The summed E-state index contributed by atoms with van der Waals surface area (Å²) >= 11 is 2.27. The summed E-state index contributed by atoms with van der Waals surface area (Å²) in [5.41, 5.74) is 3.58. The highest BCUT2D eigenvalue weighted by Crippen LogP contribution is 2.19. The molecule has 0 aliphatic heterocycles. The molecule has 0 bridgehead atoms. The fourth-order valence-corrected chi connectivity index (χ4v) is 3.58. The molecular formula is C19H21IN4. The molecular weight excluding hydrogens is 411 g/mol. The Morgan fingerprint density at radius 1 is 0.792 bits per heavy atom. The zero-order valence-corrected chi connectivity index (χ0v) is 16.4. The van der Waals surface area contributed by atoms with Gasteiger partial charge in [-0.05, 0) is 55.5 Å². The number of benzene rings is 2. The van der Waals surface area contributed by atoms with E-state index in [4.69, 9.17) is 0 Å². The molecule has 2 aromatic carbocycles. The second-order valence-corrected chi connectivity index (χ2v) is 6.56. The third kappa shape index (κ3) is 3.17. The van der Waals surface area contributed by atoms with Gasteiger partial charge in [-0.25, -0.2) is 0 Å². The highest BCUT2D eigenvalue weighted by atomic mass is 127. The van der Waals surface area contributed by atoms with Crippen molar-refractivity contribution in [2.24, 2.45) is 0 Å². The van der Waals surface area contributed by atoms with Gasteiger partial charge < -0.3 is 0 Å².